The first-order chi connectivity index (χ1) is 10.0. The van der Waals surface area contributed by atoms with Crippen LogP contribution in [0.15, 0.2) is 40.9 Å². The second-order valence-electron chi connectivity index (χ2n) is 4.44. The van der Waals surface area contributed by atoms with Crippen molar-refractivity contribution in [3.8, 4) is 11.5 Å². The van der Waals surface area contributed by atoms with Gasteiger partial charge in [0.1, 0.15) is 23.9 Å². The maximum atomic E-state index is 13.0. The highest BCUT2D eigenvalue weighted by molar-refractivity contribution is 9.10. The van der Waals surface area contributed by atoms with Crippen LogP contribution < -0.4 is 9.47 Å². The minimum atomic E-state index is -0.323. The lowest BCUT2D eigenvalue weighted by molar-refractivity contribution is 0.101. The van der Waals surface area contributed by atoms with Crippen LogP contribution >= 0.6 is 15.9 Å². The largest absolute Gasteiger partial charge is 0.497 e. The van der Waals surface area contributed by atoms with Crippen LogP contribution in [-0.4, -0.2) is 12.9 Å². The number of benzene rings is 2. The van der Waals surface area contributed by atoms with Crippen LogP contribution in [0, 0.1) is 5.82 Å². The lowest BCUT2D eigenvalue weighted by atomic mass is 10.1. The Hall–Kier alpha value is -1.88. The zero-order chi connectivity index (χ0) is 15.4. The van der Waals surface area contributed by atoms with Gasteiger partial charge in [-0.2, -0.15) is 0 Å². The quantitative estimate of drug-likeness (QED) is 0.749. The molecule has 0 saturated heterocycles. The Balaban J connectivity index is 2.24. The summed E-state index contributed by atoms with van der Waals surface area (Å²) in [5, 5.41) is 0. The molecule has 0 amide bonds. The fraction of sp³-hybridized carbons (Fsp3) is 0.188. The molecule has 0 spiro atoms. The van der Waals surface area contributed by atoms with Gasteiger partial charge in [0.2, 0.25) is 0 Å². The molecule has 110 valence electrons. The molecule has 2 aromatic carbocycles. The molecule has 0 atom stereocenters. The predicted octanol–water partition coefficient (Wildman–Crippen LogP) is 4.38. The normalized spacial score (nSPS) is 10.3. The predicted molar refractivity (Wildman–Crippen MR) is 81.4 cm³/mol. The number of hydrogen-bond donors (Lipinski definition) is 0. The highest BCUT2D eigenvalue weighted by Gasteiger charge is 2.11. The monoisotopic (exact) mass is 352 g/mol. The maximum Gasteiger partial charge on any atom is 0.163 e. The van der Waals surface area contributed by atoms with Gasteiger partial charge < -0.3 is 9.47 Å². The highest BCUT2D eigenvalue weighted by atomic mass is 79.9. The number of carbonyl (C=O) groups is 1. The van der Waals surface area contributed by atoms with E-state index < -0.39 is 0 Å². The van der Waals surface area contributed by atoms with Crippen molar-refractivity contribution in [1.82, 2.24) is 0 Å². The molecule has 2 aromatic rings. The van der Waals surface area contributed by atoms with E-state index in [0.717, 1.165) is 5.56 Å². The van der Waals surface area contributed by atoms with E-state index in [9.17, 15) is 9.18 Å². The second kappa shape index (κ2) is 6.72. The summed E-state index contributed by atoms with van der Waals surface area (Å²) in [7, 11) is 1.54. The van der Waals surface area contributed by atoms with Gasteiger partial charge in [-0.3, -0.25) is 4.79 Å². The van der Waals surface area contributed by atoms with Crippen LogP contribution in [-0.2, 0) is 6.61 Å². The lowest BCUT2D eigenvalue weighted by Crippen LogP contribution is -2.03. The van der Waals surface area contributed by atoms with Crippen molar-refractivity contribution >= 4 is 21.7 Å². The molecule has 0 heterocycles. The summed E-state index contributed by atoms with van der Waals surface area (Å²) in [6, 6.07) is 9.39. The van der Waals surface area contributed by atoms with Crippen molar-refractivity contribution in [3.05, 3.63) is 57.8 Å². The van der Waals surface area contributed by atoms with Gasteiger partial charge in [-0.05, 0) is 31.2 Å². The third-order valence-electron chi connectivity index (χ3n) is 2.97. The van der Waals surface area contributed by atoms with Crippen molar-refractivity contribution in [3.63, 3.8) is 0 Å². The summed E-state index contributed by atoms with van der Waals surface area (Å²) < 4.78 is 24.5. The maximum absolute atomic E-state index is 13.0. The number of ketones is 1. The molecule has 0 saturated carbocycles. The number of methoxy groups -OCH3 is 1. The van der Waals surface area contributed by atoms with Gasteiger partial charge in [-0.15, -0.1) is 0 Å². The van der Waals surface area contributed by atoms with Gasteiger partial charge in [0.05, 0.1) is 12.7 Å². The smallest absolute Gasteiger partial charge is 0.163 e. The summed E-state index contributed by atoms with van der Waals surface area (Å²) >= 11 is 3.28. The Morgan fingerprint density at radius 2 is 2.00 bits per heavy atom. The van der Waals surface area contributed by atoms with Crippen LogP contribution in [0.25, 0.3) is 0 Å². The van der Waals surface area contributed by atoms with Gasteiger partial charge in [-0.25, -0.2) is 4.39 Å². The van der Waals surface area contributed by atoms with Gasteiger partial charge in [0, 0.05) is 16.1 Å². The zero-order valence-electron chi connectivity index (χ0n) is 11.7. The summed E-state index contributed by atoms with van der Waals surface area (Å²) in [6.45, 7) is 1.69. The van der Waals surface area contributed by atoms with Gasteiger partial charge in [-0.1, -0.05) is 22.0 Å². The van der Waals surface area contributed by atoms with Gasteiger partial charge in [0.25, 0.3) is 0 Å². The molecule has 0 bridgehead atoms. The average Bonchev–Trinajstić information content (AvgIpc) is 2.45. The fourth-order valence-corrected chi connectivity index (χ4v) is 2.30. The molecular weight excluding hydrogens is 339 g/mol. The molecule has 5 heteroatoms. The molecule has 0 fully saturated rings. The number of hydrogen-bond acceptors (Lipinski definition) is 3. The van der Waals surface area contributed by atoms with Crippen LogP contribution in [0.3, 0.4) is 0 Å². The molecule has 0 aliphatic rings. The van der Waals surface area contributed by atoms with Crippen molar-refractivity contribution in [2.24, 2.45) is 0 Å². The molecule has 0 aliphatic heterocycles. The number of rotatable bonds is 5. The molecule has 2 rings (SSSR count). The van der Waals surface area contributed by atoms with Crippen molar-refractivity contribution in [1.29, 1.82) is 0 Å². The van der Waals surface area contributed by atoms with E-state index in [1.54, 1.807) is 31.4 Å². The van der Waals surface area contributed by atoms with Crippen LogP contribution in [0.2, 0.25) is 0 Å². The number of halogens is 2. The SMILES string of the molecule is COc1ccc(C(C)=O)c(OCc2ccc(F)cc2Br)c1. The topological polar surface area (TPSA) is 35.5 Å². The van der Waals surface area contributed by atoms with E-state index in [1.165, 1.54) is 19.1 Å². The Labute approximate surface area is 130 Å². The molecule has 0 radical (unpaired) electrons. The highest BCUT2D eigenvalue weighted by Crippen LogP contribution is 2.27. The van der Waals surface area contributed by atoms with Gasteiger partial charge >= 0.3 is 0 Å². The third-order valence-corrected chi connectivity index (χ3v) is 3.70. The molecule has 21 heavy (non-hydrogen) atoms. The Bertz CT molecular complexity index is 671. The van der Waals surface area contributed by atoms with E-state index in [0.29, 0.717) is 21.5 Å². The molecule has 0 aliphatic carbocycles. The Morgan fingerprint density at radius 3 is 2.62 bits per heavy atom. The Morgan fingerprint density at radius 1 is 1.24 bits per heavy atom. The van der Waals surface area contributed by atoms with E-state index in [-0.39, 0.29) is 18.2 Å². The van der Waals surface area contributed by atoms with E-state index in [2.05, 4.69) is 15.9 Å². The first-order valence-electron chi connectivity index (χ1n) is 6.27. The molecule has 0 aromatic heterocycles. The third kappa shape index (κ3) is 3.82. The summed E-state index contributed by atoms with van der Waals surface area (Å²) in [6.07, 6.45) is 0. The van der Waals surface area contributed by atoms with Crippen molar-refractivity contribution in [2.45, 2.75) is 13.5 Å². The molecule has 0 unspecified atom stereocenters. The molecule has 3 nitrogen and oxygen atoms in total. The fourth-order valence-electron chi connectivity index (χ4n) is 1.83. The zero-order valence-corrected chi connectivity index (χ0v) is 13.2. The summed E-state index contributed by atoms with van der Waals surface area (Å²) in [5.41, 5.74) is 1.27. The van der Waals surface area contributed by atoms with Crippen LogP contribution in [0.4, 0.5) is 4.39 Å². The van der Waals surface area contributed by atoms with Crippen LogP contribution in [0.1, 0.15) is 22.8 Å². The average molecular weight is 353 g/mol. The standard InChI is InChI=1S/C16H14BrFO3/c1-10(19)14-6-5-13(20-2)8-16(14)21-9-11-3-4-12(18)7-15(11)17/h3-8H,9H2,1-2H3. The number of Topliss-reactive ketones (excluding diaryl/α,β-unsaturated/α-hetero) is 1. The van der Waals surface area contributed by atoms with Crippen LogP contribution in [0.5, 0.6) is 11.5 Å². The van der Waals surface area contributed by atoms with Crippen molar-refractivity contribution < 1.29 is 18.7 Å². The minimum Gasteiger partial charge on any atom is -0.497 e. The summed E-state index contributed by atoms with van der Waals surface area (Å²) in [5.74, 6) is 0.633. The van der Waals surface area contributed by atoms with E-state index >= 15 is 0 Å². The molecule has 0 N–H and O–H groups in total. The molecular formula is C16H14BrFO3. The summed E-state index contributed by atoms with van der Waals surface area (Å²) in [4.78, 5) is 11.6. The van der Waals surface area contributed by atoms with Gasteiger partial charge in [0.15, 0.2) is 5.78 Å². The first kappa shape index (κ1) is 15.5. The Kier molecular flexibility index (Phi) is 4.96. The minimum absolute atomic E-state index is 0.0918. The lowest BCUT2D eigenvalue weighted by Gasteiger charge is -2.12. The number of carbonyl (C=O) groups excluding carboxylic acids is 1. The van der Waals surface area contributed by atoms with Crippen molar-refractivity contribution in [2.75, 3.05) is 7.11 Å². The van der Waals surface area contributed by atoms with E-state index in [1.807, 2.05) is 0 Å². The first-order valence-corrected chi connectivity index (χ1v) is 7.06. The van der Waals surface area contributed by atoms with E-state index in [4.69, 9.17) is 9.47 Å². The second-order valence-corrected chi connectivity index (χ2v) is 5.30. The number of ether oxygens (including phenoxy) is 2.